The molecule has 31 heavy (non-hydrogen) atoms. The second kappa shape index (κ2) is 7.04. The number of para-hydroxylation sites is 1. The summed E-state index contributed by atoms with van der Waals surface area (Å²) in [7, 11) is 1.65. The fraction of sp³-hybridized carbons (Fsp3) is 0.333. The van der Waals surface area contributed by atoms with Crippen molar-refractivity contribution < 1.29 is 9.59 Å². The quantitative estimate of drug-likeness (QED) is 0.712. The molecule has 3 heterocycles. The van der Waals surface area contributed by atoms with Gasteiger partial charge in [-0.2, -0.15) is 0 Å². The molecule has 1 aromatic heterocycles. The number of carbonyl (C=O) groups excluding carboxylic acids is 2. The SMILES string of the molecule is CCC[C@@H]1N(C(=O)c2ccc3c(=O)n(C)cnc3c2)CC[C@]12C(=O)Nc1ccccc12. The highest BCUT2D eigenvalue weighted by molar-refractivity contribution is 6.08. The van der Waals surface area contributed by atoms with Crippen LogP contribution in [0.4, 0.5) is 5.69 Å². The predicted octanol–water partition coefficient (Wildman–Crippen LogP) is 2.84. The van der Waals surface area contributed by atoms with Gasteiger partial charge in [0.1, 0.15) is 0 Å². The summed E-state index contributed by atoms with van der Waals surface area (Å²) in [6.07, 6.45) is 3.66. The van der Waals surface area contributed by atoms with Crippen LogP contribution < -0.4 is 10.9 Å². The number of hydrogen-bond acceptors (Lipinski definition) is 4. The zero-order valence-electron chi connectivity index (χ0n) is 17.6. The average molecular weight is 416 g/mol. The number of fused-ring (bicyclic) bond motifs is 3. The van der Waals surface area contributed by atoms with Crippen molar-refractivity contribution in [1.82, 2.24) is 14.5 Å². The Bertz CT molecular complexity index is 1280. The summed E-state index contributed by atoms with van der Waals surface area (Å²) in [6, 6.07) is 12.6. The number of nitrogens with zero attached hydrogens (tertiary/aromatic N) is 3. The van der Waals surface area contributed by atoms with E-state index in [4.69, 9.17) is 0 Å². The number of nitrogens with one attached hydrogen (secondary N) is 1. The van der Waals surface area contributed by atoms with Crippen molar-refractivity contribution in [3.8, 4) is 0 Å². The molecule has 0 saturated carbocycles. The van der Waals surface area contributed by atoms with Crippen molar-refractivity contribution in [2.75, 3.05) is 11.9 Å². The highest BCUT2D eigenvalue weighted by atomic mass is 16.2. The van der Waals surface area contributed by atoms with Crippen LogP contribution in [0.5, 0.6) is 0 Å². The van der Waals surface area contributed by atoms with Crippen LogP contribution in [-0.2, 0) is 17.3 Å². The zero-order valence-corrected chi connectivity index (χ0v) is 17.6. The lowest BCUT2D eigenvalue weighted by Crippen LogP contribution is -2.48. The minimum absolute atomic E-state index is 0.0221. The van der Waals surface area contributed by atoms with Crippen molar-refractivity contribution in [3.63, 3.8) is 0 Å². The summed E-state index contributed by atoms with van der Waals surface area (Å²) < 4.78 is 1.42. The lowest BCUT2D eigenvalue weighted by atomic mass is 9.73. The second-order valence-electron chi connectivity index (χ2n) is 8.42. The van der Waals surface area contributed by atoms with E-state index in [1.165, 1.54) is 10.9 Å². The largest absolute Gasteiger partial charge is 0.334 e. The summed E-state index contributed by atoms with van der Waals surface area (Å²) in [6.45, 7) is 2.58. The van der Waals surface area contributed by atoms with Gasteiger partial charge in [-0.05, 0) is 42.7 Å². The molecule has 2 atom stereocenters. The summed E-state index contributed by atoms with van der Waals surface area (Å²) in [5.41, 5.74) is 1.95. The van der Waals surface area contributed by atoms with E-state index in [0.29, 0.717) is 29.4 Å². The molecular formula is C24H24N4O3. The Kier molecular flexibility index (Phi) is 4.43. The van der Waals surface area contributed by atoms with E-state index in [1.54, 1.807) is 25.2 Å². The van der Waals surface area contributed by atoms with Crippen molar-refractivity contribution in [1.29, 1.82) is 0 Å². The fourth-order valence-electron chi connectivity index (χ4n) is 5.23. The van der Waals surface area contributed by atoms with Gasteiger partial charge in [0.25, 0.3) is 11.5 Å². The molecule has 2 aliphatic rings. The van der Waals surface area contributed by atoms with E-state index in [0.717, 1.165) is 24.1 Å². The third kappa shape index (κ3) is 2.72. The standard InChI is InChI=1S/C24H24N4O3/c1-3-6-20-24(17-7-4-5-8-18(17)26-23(24)31)11-12-28(20)21(29)15-9-10-16-19(13-15)25-14-27(2)22(16)30/h4-5,7-10,13-14,20H,3,6,11-12H2,1-2H3,(H,26,31)/t20-,24+/m0/s1. The predicted molar refractivity (Wildman–Crippen MR) is 118 cm³/mol. The van der Waals surface area contributed by atoms with Gasteiger partial charge in [0.2, 0.25) is 5.91 Å². The Hall–Kier alpha value is -3.48. The van der Waals surface area contributed by atoms with E-state index >= 15 is 0 Å². The Labute approximate surface area is 179 Å². The molecule has 7 heteroatoms. The van der Waals surface area contributed by atoms with E-state index in [-0.39, 0.29) is 23.4 Å². The smallest absolute Gasteiger partial charge is 0.260 e. The normalized spacial score (nSPS) is 22.2. The van der Waals surface area contributed by atoms with Gasteiger partial charge in [0.15, 0.2) is 0 Å². The molecule has 2 amide bonds. The van der Waals surface area contributed by atoms with Gasteiger partial charge in [-0.3, -0.25) is 14.4 Å². The third-order valence-electron chi connectivity index (χ3n) is 6.74. The lowest BCUT2D eigenvalue weighted by Gasteiger charge is -2.34. The monoisotopic (exact) mass is 416 g/mol. The number of benzene rings is 2. The molecule has 0 bridgehead atoms. The summed E-state index contributed by atoms with van der Waals surface area (Å²) in [5.74, 6) is -0.150. The van der Waals surface area contributed by atoms with Gasteiger partial charge in [-0.15, -0.1) is 0 Å². The Balaban J connectivity index is 1.56. The average Bonchev–Trinajstić information content (AvgIpc) is 3.29. The minimum atomic E-state index is -0.715. The highest BCUT2D eigenvalue weighted by Gasteiger charge is 2.58. The maximum Gasteiger partial charge on any atom is 0.260 e. The molecule has 158 valence electrons. The number of aromatic nitrogens is 2. The first kappa shape index (κ1) is 19.5. The summed E-state index contributed by atoms with van der Waals surface area (Å²) in [4.78, 5) is 45.2. The first-order valence-corrected chi connectivity index (χ1v) is 10.6. The number of hydrogen-bond donors (Lipinski definition) is 1. The molecule has 5 rings (SSSR count). The number of rotatable bonds is 3. The molecule has 2 aliphatic heterocycles. The van der Waals surface area contributed by atoms with E-state index in [1.807, 2.05) is 29.2 Å². The van der Waals surface area contributed by atoms with Gasteiger partial charge in [0.05, 0.1) is 28.7 Å². The number of amides is 2. The molecule has 3 aromatic rings. The minimum Gasteiger partial charge on any atom is -0.334 e. The van der Waals surface area contributed by atoms with Gasteiger partial charge in [-0.25, -0.2) is 4.98 Å². The molecule has 1 fully saturated rings. The summed E-state index contributed by atoms with van der Waals surface area (Å²) in [5, 5.41) is 3.51. The van der Waals surface area contributed by atoms with Gasteiger partial charge >= 0.3 is 0 Å². The van der Waals surface area contributed by atoms with Crippen LogP contribution in [0.2, 0.25) is 0 Å². The fourth-order valence-corrected chi connectivity index (χ4v) is 5.23. The molecule has 7 nitrogen and oxygen atoms in total. The molecule has 1 N–H and O–H groups in total. The van der Waals surface area contributed by atoms with Crippen molar-refractivity contribution in [3.05, 3.63) is 70.3 Å². The molecule has 2 aromatic carbocycles. The third-order valence-corrected chi connectivity index (χ3v) is 6.74. The first-order chi connectivity index (χ1) is 15.0. The van der Waals surface area contributed by atoms with E-state index in [2.05, 4.69) is 17.2 Å². The van der Waals surface area contributed by atoms with Gasteiger partial charge in [0, 0.05) is 24.8 Å². The second-order valence-corrected chi connectivity index (χ2v) is 8.42. The lowest BCUT2D eigenvalue weighted by molar-refractivity contribution is -0.121. The Morgan fingerprint density at radius 2 is 2.03 bits per heavy atom. The molecule has 1 spiro atoms. The van der Waals surface area contributed by atoms with Crippen LogP contribution in [0.15, 0.2) is 53.6 Å². The van der Waals surface area contributed by atoms with Crippen LogP contribution in [-0.4, -0.2) is 38.9 Å². The molecular weight excluding hydrogens is 392 g/mol. The maximum atomic E-state index is 13.6. The van der Waals surface area contributed by atoms with Crippen LogP contribution in [0, 0.1) is 0 Å². The van der Waals surface area contributed by atoms with Crippen LogP contribution in [0.1, 0.15) is 42.1 Å². The van der Waals surface area contributed by atoms with E-state index < -0.39 is 5.41 Å². The van der Waals surface area contributed by atoms with Gasteiger partial charge < -0.3 is 14.8 Å². The van der Waals surface area contributed by atoms with Crippen molar-refractivity contribution in [2.45, 2.75) is 37.6 Å². The highest BCUT2D eigenvalue weighted by Crippen LogP contribution is 2.49. The van der Waals surface area contributed by atoms with Crippen LogP contribution >= 0.6 is 0 Å². The molecule has 0 aliphatic carbocycles. The summed E-state index contributed by atoms with van der Waals surface area (Å²) >= 11 is 0. The maximum absolute atomic E-state index is 13.6. The number of anilines is 1. The number of likely N-dealkylation sites (tertiary alicyclic amines) is 1. The molecule has 1 saturated heterocycles. The molecule has 0 radical (unpaired) electrons. The van der Waals surface area contributed by atoms with Gasteiger partial charge in [-0.1, -0.05) is 31.5 Å². The zero-order chi connectivity index (χ0) is 21.8. The van der Waals surface area contributed by atoms with Crippen LogP contribution in [0.25, 0.3) is 10.9 Å². The van der Waals surface area contributed by atoms with Crippen LogP contribution in [0.3, 0.4) is 0 Å². The van der Waals surface area contributed by atoms with Crippen molar-refractivity contribution >= 4 is 28.4 Å². The first-order valence-electron chi connectivity index (χ1n) is 10.6. The van der Waals surface area contributed by atoms with E-state index in [9.17, 15) is 14.4 Å². The number of carbonyl (C=O) groups is 2. The molecule has 0 unspecified atom stereocenters. The van der Waals surface area contributed by atoms with Crippen molar-refractivity contribution in [2.24, 2.45) is 7.05 Å². The number of aryl methyl sites for hydroxylation is 1. The topological polar surface area (TPSA) is 84.3 Å². The Morgan fingerprint density at radius 3 is 2.84 bits per heavy atom. The Morgan fingerprint density at radius 1 is 1.23 bits per heavy atom.